The lowest BCUT2D eigenvalue weighted by molar-refractivity contribution is -0.142. The zero-order chi connectivity index (χ0) is 21.9. The first-order chi connectivity index (χ1) is 14.2. The van der Waals surface area contributed by atoms with Crippen LogP contribution in [0.25, 0.3) is 11.0 Å². The van der Waals surface area contributed by atoms with Crippen LogP contribution in [-0.2, 0) is 26.1 Å². The normalized spacial score (nSPS) is 11.7. The second-order valence-electron chi connectivity index (χ2n) is 6.17. The smallest absolute Gasteiger partial charge is 0.326 e. The second-order valence-corrected chi connectivity index (χ2v) is 7.91. The minimum atomic E-state index is -4.60. The number of fused-ring (bicyclic) bond motifs is 1. The average molecular weight is 443 g/mol. The van der Waals surface area contributed by atoms with Crippen molar-refractivity contribution in [1.82, 2.24) is 14.3 Å². The van der Waals surface area contributed by atoms with Crippen LogP contribution in [0.2, 0.25) is 0 Å². The van der Waals surface area contributed by atoms with Crippen LogP contribution in [0.4, 0.5) is 13.2 Å². The van der Waals surface area contributed by atoms with E-state index < -0.39 is 44.9 Å². The molecule has 0 fully saturated rings. The summed E-state index contributed by atoms with van der Waals surface area (Å²) >= 11 is 0. The molecule has 0 aliphatic carbocycles. The highest BCUT2D eigenvalue weighted by Gasteiger charge is 2.24. The second kappa shape index (κ2) is 8.71. The van der Waals surface area contributed by atoms with Gasteiger partial charge in [0.1, 0.15) is 11.4 Å². The first-order valence-electron chi connectivity index (χ1n) is 8.67. The highest BCUT2D eigenvalue weighted by Crippen LogP contribution is 2.19. The Hall–Kier alpha value is -3.12. The maximum atomic E-state index is 13.6. The first-order valence-corrected chi connectivity index (χ1v) is 10.2. The van der Waals surface area contributed by atoms with E-state index in [0.29, 0.717) is 23.2 Å². The van der Waals surface area contributed by atoms with Crippen LogP contribution in [0, 0.1) is 17.5 Å². The summed E-state index contributed by atoms with van der Waals surface area (Å²) in [5.41, 5.74) is 1.04. The molecule has 0 amide bonds. The minimum absolute atomic E-state index is 0.105. The topological polar surface area (TPSA) is 110 Å². The number of esters is 1. The lowest BCUT2D eigenvalue weighted by atomic mass is 10.3. The lowest BCUT2D eigenvalue weighted by Crippen LogP contribution is -2.31. The van der Waals surface area contributed by atoms with Crippen molar-refractivity contribution in [2.24, 2.45) is 0 Å². The van der Waals surface area contributed by atoms with Crippen LogP contribution in [0.5, 0.6) is 0 Å². The SMILES string of the molecule is O=C(CNS(=O)(=O)c1ccc(F)c(F)c1F)OCCCn1c(=O)[nH]c2ccccc21. The van der Waals surface area contributed by atoms with Crippen molar-refractivity contribution >= 4 is 27.0 Å². The first kappa shape index (κ1) is 21.6. The van der Waals surface area contributed by atoms with Crippen molar-refractivity contribution in [1.29, 1.82) is 0 Å². The number of aromatic nitrogens is 2. The number of carbonyl (C=O) groups is 1. The molecular weight excluding hydrogens is 427 g/mol. The average Bonchev–Trinajstić information content (AvgIpc) is 3.03. The van der Waals surface area contributed by atoms with Crippen LogP contribution in [0.1, 0.15) is 6.42 Å². The highest BCUT2D eigenvalue weighted by molar-refractivity contribution is 7.89. The van der Waals surface area contributed by atoms with Crippen LogP contribution in [0.15, 0.2) is 46.1 Å². The van der Waals surface area contributed by atoms with E-state index in [1.807, 2.05) is 0 Å². The van der Waals surface area contributed by atoms with E-state index >= 15 is 0 Å². The van der Waals surface area contributed by atoms with Crippen molar-refractivity contribution < 1.29 is 31.1 Å². The Morgan fingerprint density at radius 3 is 2.60 bits per heavy atom. The van der Waals surface area contributed by atoms with Gasteiger partial charge in [-0.2, -0.15) is 4.72 Å². The summed E-state index contributed by atoms with van der Waals surface area (Å²) in [6.45, 7) is -0.693. The molecule has 0 bridgehead atoms. The summed E-state index contributed by atoms with van der Waals surface area (Å²) in [7, 11) is -4.60. The van der Waals surface area contributed by atoms with Crippen molar-refractivity contribution in [3.63, 3.8) is 0 Å². The van der Waals surface area contributed by atoms with E-state index in [0.717, 1.165) is 0 Å². The summed E-state index contributed by atoms with van der Waals surface area (Å²) in [6.07, 6.45) is 0.276. The number of nitrogens with zero attached hydrogens (tertiary/aromatic N) is 1. The van der Waals surface area contributed by atoms with Crippen molar-refractivity contribution in [3.8, 4) is 0 Å². The molecule has 1 heterocycles. The van der Waals surface area contributed by atoms with Crippen LogP contribution in [0.3, 0.4) is 0 Å². The number of aryl methyl sites for hydroxylation is 1. The fourth-order valence-electron chi connectivity index (χ4n) is 2.74. The molecule has 3 aromatic rings. The van der Waals surface area contributed by atoms with Gasteiger partial charge in [-0.15, -0.1) is 0 Å². The van der Waals surface area contributed by atoms with E-state index in [1.54, 1.807) is 29.0 Å². The Bertz CT molecular complexity index is 1250. The van der Waals surface area contributed by atoms with Gasteiger partial charge in [0.25, 0.3) is 0 Å². The van der Waals surface area contributed by atoms with Crippen LogP contribution >= 0.6 is 0 Å². The molecular formula is C18H16F3N3O5S. The number of halogens is 3. The number of hydrogen-bond acceptors (Lipinski definition) is 5. The fraction of sp³-hybridized carbons (Fsp3) is 0.222. The predicted octanol–water partition coefficient (Wildman–Crippen LogP) is 1.66. The summed E-state index contributed by atoms with van der Waals surface area (Å²) in [6, 6.07) is 8.05. The van der Waals surface area contributed by atoms with Gasteiger partial charge >= 0.3 is 11.7 Å². The van der Waals surface area contributed by atoms with Crippen molar-refractivity contribution in [2.45, 2.75) is 17.9 Å². The van der Waals surface area contributed by atoms with Gasteiger partial charge < -0.3 is 9.72 Å². The number of H-pyrrole nitrogens is 1. The van der Waals surface area contributed by atoms with Crippen LogP contribution in [-0.4, -0.2) is 37.1 Å². The van der Waals surface area contributed by atoms with Gasteiger partial charge in [-0.05, 0) is 30.7 Å². The number of aromatic amines is 1. The summed E-state index contributed by atoms with van der Waals surface area (Å²) in [5, 5.41) is 0. The van der Waals surface area contributed by atoms with Gasteiger partial charge in [0.15, 0.2) is 17.5 Å². The van der Waals surface area contributed by atoms with E-state index in [2.05, 4.69) is 4.98 Å². The molecule has 0 unspecified atom stereocenters. The number of hydrogen-bond donors (Lipinski definition) is 2. The maximum Gasteiger partial charge on any atom is 0.326 e. The third-order valence-electron chi connectivity index (χ3n) is 4.17. The molecule has 12 heteroatoms. The summed E-state index contributed by atoms with van der Waals surface area (Å²) in [5.74, 6) is -6.33. The summed E-state index contributed by atoms with van der Waals surface area (Å²) in [4.78, 5) is 25.2. The van der Waals surface area contributed by atoms with Gasteiger partial charge in [-0.1, -0.05) is 12.1 Å². The van der Waals surface area contributed by atoms with Gasteiger partial charge in [0.2, 0.25) is 10.0 Å². The number of benzene rings is 2. The molecule has 2 aromatic carbocycles. The fourth-order valence-corrected chi connectivity index (χ4v) is 3.77. The minimum Gasteiger partial charge on any atom is -0.465 e. The van der Waals surface area contributed by atoms with Gasteiger partial charge in [0, 0.05) is 6.54 Å². The monoisotopic (exact) mass is 443 g/mol. The molecule has 0 saturated carbocycles. The van der Waals surface area contributed by atoms with Crippen LogP contribution < -0.4 is 10.4 Å². The van der Waals surface area contributed by atoms with E-state index in [9.17, 15) is 31.2 Å². The molecule has 160 valence electrons. The number of rotatable bonds is 8. The lowest BCUT2D eigenvalue weighted by Gasteiger charge is -2.09. The third-order valence-corrected chi connectivity index (χ3v) is 5.59. The molecule has 8 nitrogen and oxygen atoms in total. The van der Waals surface area contributed by atoms with Gasteiger partial charge in [-0.3, -0.25) is 9.36 Å². The van der Waals surface area contributed by atoms with Gasteiger partial charge in [-0.25, -0.2) is 26.4 Å². The molecule has 1 aromatic heterocycles. The van der Waals surface area contributed by atoms with E-state index in [1.165, 1.54) is 4.57 Å². The Morgan fingerprint density at radius 2 is 1.83 bits per heavy atom. The molecule has 0 aliphatic rings. The number of sulfonamides is 1. The molecule has 0 spiro atoms. The highest BCUT2D eigenvalue weighted by atomic mass is 32.2. The van der Waals surface area contributed by atoms with Crippen molar-refractivity contribution in [2.75, 3.05) is 13.2 Å². The number of para-hydroxylation sites is 2. The standard InChI is InChI=1S/C18H16F3N3O5S/c19-11-6-7-14(17(21)16(11)20)30(27,28)22-10-15(25)29-9-3-8-24-13-5-2-1-4-12(13)23-18(24)26/h1-2,4-7,22H,3,8-10H2,(H,23,26). The Balaban J connectivity index is 1.51. The zero-order valence-corrected chi connectivity index (χ0v) is 16.1. The van der Waals surface area contributed by atoms with Gasteiger partial charge in [0.05, 0.1) is 17.6 Å². The Morgan fingerprint density at radius 1 is 1.10 bits per heavy atom. The molecule has 2 N–H and O–H groups in total. The number of imidazole rings is 1. The maximum absolute atomic E-state index is 13.6. The molecule has 30 heavy (non-hydrogen) atoms. The quantitative estimate of drug-likeness (QED) is 0.313. The predicted molar refractivity (Wildman–Crippen MR) is 99.6 cm³/mol. The molecule has 0 aliphatic heterocycles. The third kappa shape index (κ3) is 4.54. The molecule has 0 atom stereocenters. The molecule has 0 radical (unpaired) electrons. The molecule has 3 rings (SSSR count). The number of nitrogens with one attached hydrogen (secondary N) is 2. The Labute approximate surface area is 168 Å². The Kier molecular flexibility index (Phi) is 6.27. The zero-order valence-electron chi connectivity index (χ0n) is 15.3. The largest absolute Gasteiger partial charge is 0.465 e. The van der Waals surface area contributed by atoms with Crippen molar-refractivity contribution in [3.05, 3.63) is 64.3 Å². The number of carbonyl (C=O) groups excluding carboxylic acids is 1. The number of ether oxygens (including phenoxy) is 1. The molecule has 0 saturated heterocycles. The summed E-state index contributed by atoms with van der Waals surface area (Å²) < 4.78 is 71.8. The van der Waals surface area contributed by atoms with E-state index in [-0.39, 0.29) is 25.3 Å². The van der Waals surface area contributed by atoms with E-state index in [4.69, 9.17) is 4.74 Å².